The van der Waals surface area contributed by atoms with Crippen LogP contribution in [0, 0.1) is 28.6 Å². The number of carbonyl (C=O) groups is 1. The number of esters is 1. The van der Waals surface area contributed by atoms with Crippen molar-refractivity contribution in [3.63, 3.8) is 0 Å². The first-order valence-electron chi connectivity index (χ1n) is 17.5. The lowest BCUT2D eigenvalue weighted by molar-refractivity contribution is -0.332. The van der Waals surface area contributed by atoms with E-state index in [1.54, 1.807) is 13.0 Å². The fraction of sp³-hybridized carbons (Fsp3) is 0.912. The highest BCUT2D eigenvalue weighted by Crippen LogP contribution is 2.70. The van der Waals surface area contributed by atoms with Crippen molar-refractivity contribution in [2.45, 2.75) is 145 Å². The Bertz CT molecular complexity index is 1220. The van der Waals surface area contributed by atoms with Crippen LogP contribution in [-0.4, -0.2) is 128 Å². The van der Waals surface area contributed by atoms with Crippen LogP contribution in [-0.2, 0) is 28.5 Å². The highest BCUT2D eigenvalue weighted by atomic mass is 16.7. The molecule has 7 N–H and O–H groups in total. The zero-order chi connectivity index (χ0) is 33.5. The number of hydrogen-bond acceptors (Lipinski definition) is 13. The van der Waals surface area contributed by atoms with E-state index < -0.39 is 71.2 Å². The van der Waals surface area contributed by atoms with Crippen molar-refractivity contribution in [1.29, 1.82) is 0 Å². The Morgan fingerprint density at radius 1 is 0.936 bits per heavy atom. The lowest BCUT2D eigenvalue weighted by Gasteiger charge is -2.66. The molecule has 0 amide bonds. The molecule has 7 rings (SSSR count). The van der Waals surface area contributed by atoms with Gasteiger partial charge in [0.2, 0.25) is 0 Å². The molecule has 16 atom stereocenters. The quantitative estimate of drug-likeness (QED) is 0.148. The van der Waals surface area contributed by atoms with Crippen LogP contribution in [0.3, 0.4) is 0 Å². The molecule has 0 spiro atoms. The Morgan fingerprint density at radius 2 is 1.70 bits per heavy atom. The van der Waals surface area contributed by atoms with E-state index in [2.05, 4.69) is 6.92 Å². The normalized spacial score (nSPS) is 54.7. The van der Waals surface area contributed by atoms with Gasteiger partial charge in [-0.25, -0.2) is 4.79 Å². The van der Waals surface area contributed by atoms with Gasteiger partial charge in [-0.05, 0) is 81.6 Å². The van der Waals surface area contributed by atoms with Crippen LogP contribution < -0.4 is 0 Å². The molecule has 3 heterocycles. The van der Waals surface area contributed by atoms with Crippen molar-refractivity contribution >= 4 is 5.97 Å². The zero-order valence-electron chi connectivity index (χ0n) is 27.3. The summed E-state index contributed by atoms with van der Waals surface area (Å²) in [6.45, 7) is 3.74. The van der Waals surface area contributed by atoms with E-state index in [0.29, 0.717) is 38.5 Å². The van der Waals surface area contributed by atoms with Gasteiger partial charge in [0.15, 0.2) is 12.6 Å². The first-order valence-corrected chi connectivity index (χ1v) is 17.5. The van der Waals surface area contributed by atoms with Gasteiger partial charge in [0, 0.05) is 29.7 Å². The van der Waals surface area contributed by atoms with Crippen molar-refractivity contribution in [3.05, 3.63) is 11.6 Å². The van der Waals surface area contributed by atoms with Gasteiger partial charge in [-0.15, -0.1) is 0 Å². The Labute approximate surface area is 274 Å². The van der Waals surface area contributed by atoms with Gasteiger partial charge < -0.3 is 59.4 Å². The summed E-state index contributed by atoms with van der Waals surface area (Å²) < 4.78 is 28.8. The molecule has 0 aromatic heterocycles. The average Bonchev–Trinajstić information content (AvgIpc) is 3.57. The van der Waals surface area contributed by atoms with Crippen molar-refractivity contribution < 1.29 is 64.2 Å². The van der Waals surface area contributed by atoms with E-state index in [4.69, 9.17) is 23.7 Å². The first-order chi connectivity index (χ1) is 22.2. The molecular formula is C34H52O13. The maximum atomic E-state index is 12.5. The Kier molecular flexibility index (Phi) is 8.90. The summed E-state index contributed by atoms with van der Waals surface area (Å²) in [6.07, 6.45) is -2.10. The molecular weight excluding hydrogens is 616 g/mol. The number of fused-ring (bicyclic) bond motifs is 5. The molecule has 0 aromatic carbocycles. The van der Waals surface area contributed by atoms with E-state index in [0.717, 1.165) is 24.8 Å². The van der Waals surface area contributed by atoms with Gasteiger partial charge in [-0.2, -0.15) is 0 Å². The number of aliphatic hydroxyl groups is 7. The van der Waals surface area contributed by atoms with Crippen LogP contribution in [0.2, 0.25) is 0 Å². The van der Waals surface area contributed by atoms with Crippen LogP contribution in [0.15, 0.2) is 11.6 Å². The molecule has 4 aliphatic carbocycles. The number of rotatable bonds is 6. The predicted octanol–water partition coefficient (Wildman–Crippen LogP) is 0.0359. The third-order valence-electron chi connectivity index (χ3n) is 13.8. The van der Waals surface area contributed by atoms with Gasteiger partial charge in [0.05, 0.1) is 42.7 Å². The average molecular weight is 669 g/mol. The summed E-state index contributed by atoms with van der Waals surface area (Å²) in [7, 11) is 0. The van der Waals surface area contributed by atoms with E-state index in [9.17, 15) is 40.5 Å². The second kappa shape index (κ2) is 12.2. The van der Waals surface area contributed by atoms with Crippen molar-refractivity contribution in [2.75, 3.05) is 19.8 Å². The zero-order valence-corrected chi connectivity index (χ0v) is 27.3. The molecule has 6 fully saturated rings. The van der Waals surface area contributed by atoms with Gasteiger partial charge in [0.25, 0.3) is 0 Å². The lowest BCUT2D eigenvalue weighted by Crippen LogP contribution is -2.69. The molecule has 3 aliphatic heterocycles. The monoisotopic (exact) mass is 668 g/mol. The fourth-order valence-corrected chi connectivity index (χ4v) is 11.2. The molecule has 266 valence electrons. The Hall–Kier alpha value is -1.23. The second-order valence-electron chi connectivity index (χ2n) is 15.8. The molecule has 0 unspecified atom stereocenters. The van der Waals surface area contributed by atoms with Gasteiger partial charge in [-0.3, -0.25) is 0 Å². The van der Waals surface area contributed by atoms with Crippen molar-refractivity contribution in [2.24, 2.45) is 28.6 Å². The number of ether oxygens (including phenoxy) is 5. The molecule has 4 saturated carbocycles. The van der Waals surface area contributed by atoms with E-state index in [1.165, 1.54) is 0 Å². The van der Waals surface area contributed by atoms with Crippen LogP contribution in [0.1, 0.15) is 78.1 Å². The van der Waals surface area contributed by atoms with Crippen molar-refractivity contribution in [3.8, 4) is 0 Å². The summed E-state index contributed by atoms with van der Waals surface area (Å²) in [5.41, 5.74) is -2.41. The molecule has 7 aliphatic rings. The van der Waals surface area contributed by atoms with Gasteiger partial charge in [-0.1, -0.05) is 6.92 Å². The second-order valence-corrected chi connectivity index (χ2v) is 15.8. The minimum absolute atomic E-state index is 0.0629. The van der Waals surface area contributed by atoms with Crippen LogP contribution in [0.5, 0.6) is 0 Å². The molecule has 47 heavy (non-hydrogen) atoms. The van der Waals surface area contributed by atoms with Crippen LogP contribution in [0.4, 0.5) is 0 Å². The van der Waals surface area contributed by atoms with E-state index in [1.807, 2.05) is 0 Å². The van der Waals surface area contributed by atoms with Crippen LogP contribution >= 0.6 is 0 Å². The molecule has 0 bridgehead atoms. The summed E-state index contributed by atoms with van der Waals surface area (Å²) in [5.74, 6) is -0.406. The summed E-state index contributed by atoms with van der Waals surface area (Å²) in [5, 5.41) is 76.8. The highest BCUT2D eigenvalue weighted by molar-refractivity contribution is 5.85. The van der Waals surface area contributed by atoms with E-state index >= 15 is 0 Å². The summed E-state index contributed by atoms with van der Waals surface area (Å²) in [6, 6.07) is 0. The number of aliphatic hydroxyl groups excluding tert-OH is 5. The molecule has 2 saturated heterocycles. The van der Waals surface area contributed by atoms with Gasteiger partial charge in [0.1, 0.15) is 31.0 Å². The number of carbonyl (C=O) groups excluding carboxylic acids is 1. The largest absolute Gasteiger partial charge is 0.458 e. The molecule has 0 aromatic rings. The highest BCUT2D eigenvalue weighted by Gasteiger charge is 2.71. The maximum absolute atomic E-state index is 12.5. The Morgan fingerprint density at radius 3 is 2.40 bits per heavy atom. The van der Waals surface area contributed by atoms with Crippen LogP contribution in [0.25, 0.3) is 0 Å². The minimum Gasteiger partial charge on any atom is -0.458 e. The fourth-order valence-electron chi connectivity index (χ4n) is 11.2. The molecule has 0 radical (unpaired) electrons. The van der Waals surface area contributed by atoms with Gasteiger partial charge >= 0.3 is 5.97 Å². The third kappa shape index (κ3) is 5.26. The standard InChI is InChI=1S/C34H52O13/c1-17-29(47-30-28(40)27(39)24(37)15-44-30)23(36)12-26(45-17)46-19-3-8-32(16-35)21-4-7-31(2)20(18-11-25(38)43-14-18)6-10-34(31,42)22(21)5-9-33(32,41)13-19/h11,17,19-24,26-30,35-37,39-42H,3-10,12-16H2,1-2H3/t17-,19+,20-,21+,22-,23-,24+,26+,27-,28+,29-,30+,31-,32+,33+,34+/m1/s1. The minimum atomic E-state index is -1.49. The Balaban J connectivity index is 1.01. The number of cyclic esters (lactones) is 1. The number of hydrogen-bond donors (Lipinski definition) is 7. The molecule has 13 heteroatoms. The SMILES string of the molecule is C[C@H]1O[C@@H](O[C@H]2CC[C@]3(CO)[C@H]4CC[C@]5(C)[C@@H](C6=CC(=O)OC6)CC[C@]5(O)[C@@H]4CC[C@]3(O)C2)C[C@@H](O)[C@@H]1O[C@@H]1OC[C@H](O)[C@@H](O)[C@@H]1O. The smallest absolute Gasteiger partial charge is 0.331 e. The topological polar surface area (TPSA) is 205 Å². The summed E-state index contributed by atoms with van der Waals surface area (Å²) in [4.78, 5) is 11.9. The van der Waals surface area contributed by atoms with E-state index in [-0.39, 0.29) is 56.1 Å². The maximum Gasteiger partial charge on any atom is 0.331 e. The molecule has 13 nitrogen and oxygen atoms in total. The van der Waals surface area contributed by atoms with Crippen molar-refractivity contribution in [1.82, 2.24) is 0 Å². The first kappa shape index (κ1) is 34.2. The lowest BCUT2D eigenvalue weighted by atomic mass is 9.41. The summed E-state index contributed by atoms with van der Waals surface area (Å²) >= 11 is 0. The predicted molar refractivity (Wildman–Crippen MR) is 161 cm³/mol. The third-order valence-corrected chi connectivity index (χ3v) is 13.8.